The number of β-amino-alcohol motifs (C(OH)–C–C–N with tert-alkyl or cyclic N) is 1. The Morgan fingerprint density at radius 2 is 2.11 bits per heavy atom. The third-order valence-corrected chi connectivity index (χ3v) is 4.30. The number of carbonyl (C=O) groups is 1. The van der Waals surface area contributed by atoms with Gasteiger partial charge in [0.05, 0.1) is 11.5 Å². The Morgan fingerprint density at radius 1 is 1.44 bits per heavy atom. The molecule has 0 atom stereocenters. The number of carbonyl (C=O) groups excluding carboxylic acids is 1. The van der Waals surface area contributed by atoms with Gasteiger partial charge in [0.25, 0.3) is 5.91 Å². The smallest absolute Gasteiger partial charge is 0.264 e. The van der Waals surface area contributed by atoms with Crippen LogP contribution in [0.3, 0.4) is 0 Å². The first-order valence-electron chi connectivity index (χ1n) is 6.10. The third kappa shape index (κ3) is 2.82. The van der Waals surface area contributed by atoms with Gasteiger partial charge in [-0.25, -0.2) is 0 Å². The number of nitrogen functional groups attached to an aromatic ring is 1. The zero-order valence-corrected chi connectivity index (χ0v) is 11.4. The van der Waals surface area contributed by atoms with Gasteiger partial charge in [0, 0.05) is 43.3 Å². The van der Waals surface area contributed by atoms with Gasteiger partial charge in [-0.3, -0.25) is 9.69 Å². The van der Waals surface area contributed by atoms with Gasteiger partial charge < -0.3 is 15.7 Å². The van der Waals surface area contributed by atoms with Crippen LogP contribution >= 0.6 is 11.3 Å². The van der Waals surface area contributed by atoms with Gasteiger partial charge in [-0.1, -0.05) is 0 Å². The SMILES string of the molecule is Cc1sc(C(=O)N2CCN(CCO)CC2)cc1N. The number of hydrogen-bond donors (Lipinski definition) is 2. The molecule has 3 N–H and O–H groups in total. The van der Waals surface area contributed by atoms with Crippen LogP contribution in [0.25, 0.3) is 0 Å². The van der Waals surface area contributed by atoms with E-state index in [4.69, 9.17) is 10.8 Å². The fourth-order valence-corrected chi connectivity index (χ4v) is 2.98. The van der Waals surface area contributed by atoms with Crippen molar-refractivity contribution < 1.29 is 9.90 Å². The molecule has 18 heavy (non-hydrogen) atoms. The molecule has 6 heteroatoms. The van der Waals surface area contributed by atoms with Crippen LogP contribution < -0.4 is 5.73 Å². The molecular formula is C12H19N3O2S. The highest BCUT2D eigenvalue weighted by Crippen LogP contribution is 2.24. The maximum atomic E-state index is 12.2. The van der Waals surface area contributed by atoms with E-state index in [1.165, 1.54) is 11.3 Å². The number of nitrogens with zero attached hydrogens (tertiary/aromatic N) is 2. The second-order valence-electron chi connectivity index (χ2n) is 4.48. The van der Waals surface area contributed by atoms with Gasteiger partial charge in [0.1, 0.15) is 0 Å². The molecule has 1 amide bonds. The Labute approximate surface area is 111 Å². The maximum absolute atomic E-state index is 12.2. The molecule has 1 saturated heterocycles. The second-order valence-corrected chi connectivity index (χ2v) is 5.74. The summed E-state index contributed by atoms with van der Waals surface area (Å²) in [5.74, 6) is 0.0726. The Kier molecular flexibility index (Phi) is 4.21. The minimum Gasteiger partial charge on any atom is -0.398 e. The summed E-state index contributed by atoms with van der Waals surface area (Å²) >= 11 is 1.46. The highest BCUT2D eigenvalue weighted by Gasteiger charge is 2.23. The van der Waals surface area contributed by atoms with Crippen molar-refractivity contribution in [2.24, 2.45) is 0 Å². The van der Waals surface area contributed by atoms with Crippen LogP contribution in [0.15, 0.2) is 6.07 Å². The van der Waals surface area contributed by atoms with Crippen LogP contribution in [0, 0.1) is 6.92 Å². The zero-order valence-electron chi connectivity index (χ0n) is 10.6. The quantitative estimate of drug-likeness (QED) is 0.833. The lowest BCUT2D eigenvalue weighted by molar-refractivity contribution is 0.0619. The summed E-state index contributed by atoms with van der Waals surface area (Å²) in [6, 6.07) is 1.77. The predicted molar refractivity (Wildman–Crippen MR) is 72.9 cm³/mol. The molecule has 0 radical (unpaired) electrons. The highest BCUT2D eigenvalue weighted by atomic mass is 32.1. The second kappa shape index (κ2) is 5.69. The molecular weight excluding hydrogens is 250 g/mol. The lowest BCUT2D eigenvalue weighted by Gasteiger charge is -2.34. The average molecular weight is 269 g/mol. The molecule has 1 fully saturated rings. The van der Waals surface area contributed by atoms with Crippen molar-refractivity contribution in [1.29, 1.82) is 0 Å². The van der Waals surface area contributed by atoms with Gasteiger partial charge >= 0.3 is 0 Å². The summed E-state index contributed by atoms with van der Waals surface area (Å²) < 4.78 is 0. The van der Waals surface area contributed by atoms with E-state index in [0.717, 1.165) is 35.9 Å². The van der Waals surface area contributed by atoms with Crippen molar-refractivity contribution in [3.8, 4) is 0 Å². The number of anilines is 1. The number of nitrogens with two attached hydrogens (primary N) is 1. The minimum atomic E-state index is 0.0726. The largest absolute Gasteiger partial charge is 0.398 e. The summed E-state index contributed by atoms with van der Waals surface area (Å²) in [7, 11) is 0. The molecule has 0 aliphatic carbocycles. The third-order valence-electron chi connectivity index (χ3n) is 3.24. The monoisotopic (exact) mass is 269 g/mol. The molecule has 1 aromatic rings. The normalized spacial score (nSPS) is 17.1. The van der Waals surface area contributed by atoms with Crippen molar-refractivity contribution in [3.05, 3.63) is 15.8 Å². The summed E-state index contributed by atoms with van der Waals surface area (Å²) in [5.41, 5.74) is 6.47. The van der Waals surface area contributed by atoms with Gasteiger partial charge in [-0.15, -0.1) is 11.3 Å². The van der Waals surface area contributed by atoms with Crippen LogP contribution in [0.1, 0.15) is 14.5 Å². The Hall–Kier alpha value is -1.11. The van der Waals surface area contributed by atoms with Crippen LogP contribution in [-0.2, 0) is 0 Å². The molecule has 2 heterocycles. The Balaban J connectivity index is 1.95. The Bertz CT molecular complexity index is 405. The molecule has 0 unspecified atom stereocenters. The van der Waals surface area contributed by atoms with E-state index in [1.807, 2.05) is 11.8 Å². The lowest BCUT2D eigenvalue weighted by atomic mass is 10.3. The number of aliphatic hydroxyl groups is 1. The number of hydrogen-bond acceptors (Lipinski definition) is 5. The van der Waals surface area contributed by atoms with E-state index in [1.54, 1.807) is 6.07 Å². The van der Waals surface area contributed by atoms with Crippen LogP contribution in [0.5, 0.6) is 0 Å². The molecule has 100 valence electrons. The average Bonchev–Trinajstić information content (AvgIpc) is 2.70. The topological polar surface area (TPSA) is 69.8 Å². The zero-order chi connectivity index (χ0) is 13.1. The molecule has 0 bridgehead atoms. The highest BCUT2D eigenvalue weighted by molar-refractivity contribution is 7.14. The van der Waals surface area contributed by atoms with Crippen LogP contribution in [0.2, 0.25) is 0 Å². The van der Waals surface area contributed by atoms with E-state index in [-0.39, 0.29) is 12.5 Å². The summed E-state index contributed by atoms with van der Waals surface area (Å²) in [4.78, 5) is 18.0. The van der Waals surface area contributed by atoms with E-state index in [0.29, 0.717) is 12.2 Å². The number of thiophene rings is 1. The van der Waals surface area contributed by atoms with Crippen LogP contribution in [0.4, 0.5) is 5.69 Å². The number of amides is 1. The number of aryl methyl sites for hydroxylation is 1. The van der Waals surface area contributed by atoms with Gasteiger partial charge in [-0.05, 0) is 13.0 Å². The molecule has 0 spiro atoms. The van der Waals surface area contributed by atoms with E-state index >= 15 is 0 Å². The first-order chi connectivity index (χ1) is 8.61. The van der Waals surface area contributed by atoms with Crippen molar-refractivity contribution in [2.75, 3.05) is 45.1 Å². The fraction of sp³-hybridized carbons (Fsp3) is 0.583. The Morgan fingerprint density at radius 3 is 2.61 bits per heavy atom. The number of piperazine rings is 1. The van der Waals surface area contributed by atoms with Crippen molar-refractivity contribution in [2.45, 2.75) is 6.92 Å². The number of aliphatic hydroxyl groups excluding tert-OH is 1. The van der Waals surface area contributed by atoms with E-state index in [9.17, 15) is 4.79 Å². The molecule has 1 aliphatic rings. The van der Waals surface area contributed by atoms with Gasteiger partial charge in [0.15, 0.2) is 0 Å². The molecule has 1 aliphatic heterocycles. The van der Waals surface area contributed by atoms with Crippen molar-refractivity contribution in [3.63, 3.8) is 0 Å². The fourth-order valence-electron chi connectivity index (χ4n) is 2.07. The number of rotatable bonds is 3. The van der Waals surface area contributed by atoms with E-state index < -0.39 is 0 Å². The van der Waals surface area contributed by atoms with Gasteiger partial charge in [-0.2, -0.15) is 0 Å². The minimum absolute atomic E-state index is 0.0726. The lowest BCUT2D eigenvalue weighted by Crippen LogP contribution is -2.49. The summed E-state index contributed by atoms with van der Waals surface area (Å²) in [5, 5.41) is 8.87. The maximum Gasteiger partial charge on any atom is 0.264 e. The standard InChI is InChI=1S/C12H19N3O2S/c1-9-10(13)8-11(18-9)12(17)15-4-2-14(3-5-15)6-7-16/h8,16H,2-7,13H2,1H3. The predicted octanol–water partition coefficient (Wildman–Crippen LogP) is 0.389. The summed E-state index contributed by atoms with van der Waals surface area (Å²) in [6.45, 7) is 5.88. The molecule has 0 aromatic carbocycles. The molecule has 2 rings (SSSR count). The molecule has 0 saturated carbocycles. The summed E-state index contributed by atoms with van der Waals surface area (Å²) in [6.07, 6.45) is 0. The van der Waals surface area contributed by atoms with Crippen molar-refractivity contribution >= 4 is 22.9 Å². The molecule has 5 nitrogen and oxygen atoms in total. The van der Waals surface area contributed by atoms with Crippen LogP contribution in [-0.4, -0.2) is 60.1 Å². The van der Waals surface area contributed by atoms with Gasteiger partial charge in [0.2, 0.25) is 0 Å². The van der Waals surface area contributed by atoms with Crippen molar-refractivity contribution in [1.82, 2.24) is 9.80 Å². The van der Waals surface area contributed by atoms with E-state index in [2.05, 4.69) is 4.90 Å². The first-order valence-corrected chi connectivity index (χ1v) is 6.92. The first kappa shape index (κ1) is 13.3. The molecule has 1 aromatic heterocycles.